The predicted octanol–water partition coefficient (Wildman–Crippen LogP) is 1.99. The van der Waals surface area contributed by atoms with E-state index >= 15 is 0 Å². The minimum absolute atomic E-state index is 0.0394. The molecular weight excluding hydrogens is 285 g/mol. The Labute approximate surface area is 121 Å². The van der Waals surface area contributed by atoms with Crippen LogP contribution in [0.5, 0.6) is 0 Å². The molecule has 7 heteroatoms. The smallest absolute Gasteiger partial charge is 0.304 e. The number of piperidine rings is 1. The van der Waals surface area contributed by atoms with Crippen molar-refractivity contribution in [1.29, 1.82) is 0 Å². The van der Waals surface area contributed by atoms with Crippen molar-refractivity contribution in [2.45, 2.75) is 63.2 Å². The number of nitrogens with zero attached hydrogens (tertiary/aromatic N) is 1. The normalized spacial score (nSPS) is 33.2. The lowest BCUT2D eigenvalue weighted by Crippen LogP contribution is -2.55. The van der Waals surface area contributed by atoms with E-state index in [2.05, 4.69) is 5.32 Å². The van der Waals surface area contributed by atoms with Crippen molar-refractivity contribution < 1.29 is 22.8 Å². The van der Waals surface area contributed by atoms with Gasteiger partial charge in [-0.25, -0.2) is 0 Å². The molecule has 1 spiro atoms. The molecule has 3 aliphatic rings. The molecule has 2 atom stereocenters. The molecule has 0 aromatic heterocycles. The number of rotatable bonds is 1. The number of halogens is 3. The van der Waals surface area contributed by atoms with Crippen LogP contribution in [0.4, 0.5) is 13.2 Å². The van der Waals surface area contributed by atoms with Crippen LogP contribution in [0.3, 0.4) is 0 Å². The quantitative estimate of drug-likeness (QED) is 0.754. The van der Waals surface area contributed by atoms with E-state index in [4.69, 9.17) is 0 Å². The second-order valence-corrected chi connectivity index (χ2v) is 6.47. The third-order valence-corrected chi connectivity index (χ3v) is 5.14. The van der Waals surface area contributed by atoms with Gasteiger partial charge in [0.1, 0.15) is 6.04 Å². The molecule has 2 aliphatic heterocycles. The number of likely N-dealkylation sites (tertiary alicyclic amines) is 1. The highest BCUT2D eigenvalue weighted by molar-refractivity contribution is 6.06. The summed E-state index contributed by atoms with van der Waals surface area (Å²) in [5, 5.41) is 2.44. The number of carbonyl (C=O) groups excluding carboxylic acids is 2. The van der Waals surface area contributed by atoms with Crippen LogP contribution < -0.4 is 5.32 Å². The average Bonchev–Trinajstić information content (AvgIpc) is 2.96. The molecule has 2 amide bonds. The zero-order valence-electron chi connectivity index (χ0n) is 11.7. The lowest BCUT2D eigenvalue weighted by Gasteiger charge is -2.35. The Morgan fingerprint density at radius 2 is 1.81 bits per heavy atom. The van der Waals surface area contributed by atoms with E-state index in [0.29, 0.717) is 0 Å². The lowest BCUT2D eigenvalue weighted by molar-refractivity contribution is -0.164. The first-order chi connectivity index (χ1) is 9.83. The highest BCUT2D eigenvalue weighted by Gasteiger charge is 2.55. The number of amides is 2. The van der Waals surface area contributed by atoms with E-state index < -0.39 is 23.7 Å². The van der Waals surface area contributed by atoms with Crippen molar-refractivity contribution in [3.05, 3.63) is 0 Å². The Bertz CT molecular complexity index is 450. The fourth-order valence-electron chi connectivity index (χ4n) is 3.97. The summed E-state index contributed by atoms with van der Waals surface area (Å²) >= 11 is 0. The number of hydrogen-bond donors (Lipinski definition) is 1. The highest BCUT2D eigenvalue weighted by Crippen LogP contribution is 2.47. The van der Waals surface area contributed by atoms with Crippen molar-refractivity contribution in [2.75, 3.05) is 6.54 Å². The Balaban J connectivity index is 1.68. The summed E-state index contributed by atoms with van der Waals surface area (Å²) in [5.41, 5.74) is -0.544. The summed E-state index contributed by atoms with van der Waals surface area (Å²) in [4.78, 5) is 26.0. The van der Waals surface area contributed by atoms with Crippen LogP contribution in [0.15, 0.2) is 0 Å². The van der Waals surface area contributed by atoms with Gasteiger partial charge in [-0.05, 0) is 25.7 Å². The van der Waals surface area contributed by atoms with Gasteiger partial charge in [-0.15, -0.1) is 0 Å². The van der Waals surface area contributed by atoms with Gasteiger partial charge in [0.05, 0.1) is 11.5 Å². The van der Waals surface area contributed by atoms with Gasteiger partial charge < -0.3 is 5.32 Å². The van der Waals surface area contributed by atoms with Gasteiger partial charge >= 0.3 is 6.18 Å². The molecule has 118 valence electrons. The third kappa shape index (κ3) is 2.45. The minimum Gasteiger partial charge on any atom is -0.304 e. The Kier molecular flexibility index (Phi) is 3.50. The second kappa shape index (κ2) is 4.97. The van der Waals surface area contributed by atoms with Crippen molar-refractivity contribution in [3.8, 4) is 0 Å². The van der Waals surface area contributed by atoms with E-state index in [-0.39, 0.29) is 37.6 Å². The molecule has 2 heterocycles. The molecule has 1 aliphatic carbocycles. The second-order valence-electron chi connectivity index (χ2n) is 6.47. The van der Waals surface area contributed by atoms with Gasteiger partial charge in [0, 0.05) is 13.0 Å². The fraction of sp³-hybridized carbons (Fsp3) is 0.857. The van der Waals surface area contributed by atoms with Crippen molar-refractivity contribution in [3.63, 3.8) is 0 Å². The Hall–Kier alpha value is -1.11. The van der Waals surface area contributed by atoms with Gasteiger partial charge in [0.15, 0.2) is 0 Å². The van der Waals surface area contributed by atoms with Gasteiger partial charge in [0.2, 0.25) is 11.8 Å². The summed E-state index contributed by atoms with van der Waals surface area (Å²) < 4.78 is 37.9. The number of alkyl halides is 3. The van der Waals surface area contributed by atoms with Gasteiger partial charge in [-0.3, -0.25) is 14.5 Å². The number of nitrogens with one attached hydrogen (secondary N) is 1. The number of imide groups is 1. The van der Waals surface area contributed by atoms with Crippen LogP contribution in [0.1, 0.15) is 44.9 Å². The SMILES string of the molecule is O=C1CC2(CCCC2)C(=O)N1C1CCC(C(F)(F)F)NC1. The maximum atomic E-state index is 12.6. The summed E-state index contributed by atoms with van der Waals surface area (Å²) in [6.07, 6.45) is -0.513. The van der Waals surface area contributed by atoms with Crippen LogP contribution in [-0.4, -0.2) is 41.5 Å². The lowest BCUT2D eigenvalue weighted by atomic mass is 9.84. The zero-order chi connectivity index (χ0) is 15.3. The van der Waals surface area contributed by atoms with E-state index in [1.165, 1.54) is 4.90 Å². The van der Waals surface area contributed by atoms with Gasteiger partial charge in [0.25, 0.3) is 0 Å². The molecular formula is C14H19F3N2O2. The van der Waals surface area contributed by atoms with Crippen molar-refractivity contribution in [1.82, 2.24) is 10.2 Å². The number of hydrogen-bond acceptors (Lipinski definition) is 3. The molecule has 2 unspecified atom stereocenters. The van der Waals surface area contributed by atoms with E-state index in [9.17, 15) is 22.8 Å². The predicted molar refractivity (Wildman–Crippen MR) is 68.2 cm³/mol. The first kappa shape index (κ1) is 14.8. The molecule has 1 saturated carbocycles. The maximum absolute atomic E-state index is 12.6. The van der Waals surface area contributed by atoms with Crippen LogP contribution in [0.2, 0.25) is 0 Å². The molecule has 2 saturated heterocycles. The van der Waals surface area contributed by atoms with Crippen molar-refractivity contribution in [2.24, 2.45) is 5.41 Å². The van der Waals surface area contributed by atoms with Crippen LogP contribution >= 0.6 is 0 Å². The molecule has 0 bridgehead atoms. The number of carbonyl (C=O) groups is 2. The first-order valence-electron chi connectivity index (χ1n) is 7.50. The molecule has 21 heavy (non-hydrogen) atoms. The molecule has 4 nitrogen and oxygen atoms in total. The fourth-order valence-corrected chi connectivity index (χ4v) is 3.97. The Morgan fingerprint density at radius 1 is 1.14 bits per heavy atom. The van der Waals surface area contributed by atoms with Crippen LogP contribution in [0.25, 0.3) is 0 Å². The molecule has 3 fully saturated rings. The van der Waals surface area contributed by atoms with Gasteiger partial charge in [-0.2, -0.15) is 13.2 Å². The summed E-state index contributed by atoms with van der Waals surface area (Å²) in [6.45, 7) is 0.0394. The monoisotopic (exact) mass is 304 g/mol. The van der Waals surface area contributed by atoms with Crippen molar-refractivity contribution >= 4 is 11.8 Å². The topological polar surface area (TPSA) is 49.4 Å². The largest absolute Gasteiger partial charge is 0.403 e. The average molecular weight is 304 g/mol. The van der Waals surface area contributed by atoms with E-state index in [0.717, 1.165) is 25.7 Å². The summed E-state index contributed by atoms with van der Waals surface area (Å²) in [6, 6.07) is -1.95. The first-order valence-corrected chi connectivity index (χ1v) is 7.50. The molecule has 3 rings (SSSR count). The van der Waals surface area contributed by atoms with Crippen LogP contribution in [0, 0.1) is 5.41 Å². The van der Waals surface area contributed by atoms with E-state index in [1.54, 1.807) is 0 Å². The summed E-state index contributed by atoms with van der Waals surface area (Å²) in [5.74, 6) is -0.360. The minimum atomic E-state index is -4.27. The molecule has 0 aromatic rings. The summed E-state index contributed by atoms with van der Waals surface area (Å²) in [7, 11) is 0. The standard InChI is InChI=1S/C14H19F3N2O2/c15-14(16,17)10-4-3-9(8-18-10)19-11(20)7-13(12(19)21)5-1-2-6-13/h9-10,18H,1-8H2. The molecule has 1 N–H and O–H groups in total. The highest BCUT2D eigenvalue weighted by atomic mass is 19.4. The van der Waals surface area contributed by atoms with Crippen LogP contribution in [-0.2, 0) is 9.59 Å². The zero-order valence-corrected chi connectivity index (χ0v) is 11.7. The van der Waals surface area contributed by atoms with Gasteiger partial charge in [-0.1, -0.05) is 12.8 Å². The maximum Gasteiger partial charge on any atom is 0.403 e. The third-order valence-electron chi connectivity index (χ3n) is 5.14. The molecule has 0 aromatic carbocycles. The molecule has 0 radical (unpaired) electrons. The van der Waals surface area contributed by atoms with E-state index in [1.807, 2.05) is 0 Å². The Morgan fingerprint density at radius 3 is 2.33 bits per heavy atom.